The topological polar surface area (TPSA) is 63.2 Å². The predicted octanol–water partition coefficient (Wildman–Crippen LogP) is 1.73. The molecule has 106 valence electrons. The van der Waals surface area contributed by atoms with Crippen LogP contribution >= 0.6 is 11.6 Å². The van der Waals surface area contributed by atoms with Gasteiger partial charge in [-0.05, 0) is 31.6 Å². The number of rotatable bonds is 3. The lowest BCUT2D eigenvalue weighted by Crippen LogP contribution is -2.30. The number of aromatic nitrogens is 2. The van der Waals surface area contributed by atoms with Crippen LogP contribution in [0.25, 0.3) is 0 Å². The summed E-state index contributed by atoms with van der Waals surface area (Å²) in [5.74, 6) is 0.418. The molecule has 1 aliphatic rings. The van der Waals surface area contributed by atoms with Gasteiger partial charge >= 0.3 is 0 Å². The summed E-state index contributed by atoms with van der Waals surface area (Å²) >= 11 is 6.01. The zero-order valence-corrected chi connectivity index (χ0v) is 12.5. The van der Waals surface area contributed by atoms with Crippen LogP contribution in [0.4, 0.5) is 0 Å². The Hall–Kier alpha value is -0.720. The van der Waals surface area contributed by atoms with Crippen molar-refractivity contribution in [2.45, 2.75) is 25.7 Å². The fourth-order valence-electron chi connectivity index (χ4n) is 2.44. The van der Waals surface area contributed by atoms with Crippen molar-refractivity contribution in [3.63, 3.8) is 0 Å². The van der Waals surface area contributed by atoms with Crippen LogP contribution in [0.15, 0.2) is 12.4 Å². The maximum Gasteiger partial charge on any atom is 0.211 e. The van der Waals surface area contributed by atoms with Gasteiger partial charge < -0.3 is 0 Å². The summed E-state index contributed by atoms with van der Waals surface area (Å²) in [4.78, 5) is 8.26. The van der Waals surface area contributed by atoms with Crippen LogP contribution in [0.1, 0.15) is 25.0 Å². The summed E-state index contributed by atoms with van der Waals surface area (Å²) in [5.41, 5.74) is 0.807. The van der Waals surface area contributed by atoms with Gasteiger partial charge in [0.2, 0.25) is 10.0 Å². The molecule has 2 rings (SSSR count). The third kappa shape index (κ3) is 4.12. The highest BCUT2D eigenvalue weighted by molar-refractivity contribution is 7.88. The van der Waals surface area contributed by atoms with E-state index >= 15 is 0 Å². The Morgan fingerprint density at radius 2 is 2.05 bits per heavy atom. The number of halogens is 1. The average molecular weight is 304 g/mol. The van der Waals surface area contributed by atoms with E-state index in [4.69, 9.17) is 11.6 Å². The molecule has 0 radical (unpaired) electrons. The summed E-state index contributed by atoms with van der Waals surface area (Å²) in [6, 6.07) is 0. The summed E-state index contributed by atoms with van der Waals surface area (Å²) in [7, 11) is -3.07. The molecule has 1 fully saturated rings. The normalized spacial score (nSPS) is 22.1. The first-order chi connectivity index (χ1) is 8.97. The maximum absolute atomic E-state index is 11.5. The quantitative estimate of drug-likeness (QED) is 0.853. The third-order valence-electron chi connectivity index (χ3n) is 3.48. The minimum absolute atomic E-state index is 0.418. The molecule has 2 heterocycles. The molecule has 1 unspecified atom stereocenters. The van der Waals surface area contributed by atoms with Gasteiger partial charge in [0.25, 0.3) is 0 Å². The Balaban J connectivity index is 1.99. The van der Waals surface area contributed by atoms with Gasteiger partial charge in [-0.2, -0.15) is 0 Å². The molecule has 0 saturated carbocycles. The highest BCUT2D eigenvalue weighted by Crippen LogP contribution is 2.24. The fourth-order valence-corrected chi connectivity index (χ4v) is 3.52. The highest BCUT2D eigenvalue weighted by atomic mass is 35.5. The Labute approximate surface area is 119 Å². The molecule has 19 heavy (non-hydrogen) atoms. The van der Waals surface area contributed by atoms with E-state index in [1.807, 2.05) is 0 Å². The lowest BCUT2D eigenvalue weighted by molar-refractivity contribution is 0.412. The van der Waals surface area contributed by atoms with Crippen molar-refractivity contribution < 1.29 is 8.42 Å². The minimum atomic E-state index is -3.07. The van der Waals surface area contributed by atoms with Crippen molar-refractivity contribution in [1.82, 2.24) is 14.3 Å². The van der Waals surface area contributed by atoms with E-state index in [1.165, 1.54) is 6.26 Å². The van der Waals surface area contributed by atoms with Crippen molar-refractivity contribution in [2.24, 2.45) is 5.92 Å². The van der Waals surface area contributed by atoms with Crippen molar-refractivity contribution in [3.05, 3.63) is 23.2 Å². The molecule has 1 atom stereocenters. The van der Waals surface area contributed by atoms with E-state index < -0.39 is 10.0 Å². The average Bonchev–Trinajstić information content (AvgIpc) is 2.57. The molecular weight excluding hydrogens is 286 g/mol. The van der Waals surface area contributed by atoms with Gasteiger partial charge in [0.05, 0.1) is 11.9 Å². The third-order valence-corrected chi connectivity index (χ3v) is 5.10. The van der Waals surface area contributed by atoms with E-state index in [0.29, 0.717) is 24.2 Å². The van der Waals surface area contributed by atoms with Crippen molar-refractivity contribution in [3.8, 4) is 0 Å². The summed E-state index contributed by atoms with van der Waals surface area (Å²) < 4.78 is 24.6. The van der Waals surface area contributed by atoms with E-state index in [0.717, 1.165) is 31.4 Å². The van der Waals surface area contributed by atoms with E-state index in [2.05, 4.69) is 9.97 Å². The molecule has 0 N–H and O–H groups in total. The molecule has 0 bridgehead atoms. The molecule has 0 amide bonds. The van der Waals surface area contributed by atoms with E-state index in [1.54, 1.807) is 16.7 Å². The van der Waals surface area contributed by atoms with Crippen molar-refractivity contribution >= 4 is 21.6 Å². The van der Waals surface area contributed by atoms with Crippen LogP contribution in [-0.2, 0) is 16.4 Å². The zero-order chi connectivity index (χ0) is 13.9. The fraction of sp³-hybridized carbons (Fsp3) is 0.667. The second kappa shape index (κ2) is 6.15. The number of hydrogen-bond acceptors (Lipinski definition) is 4. The summed E-state index contributed by atoms with van der Waals surface area (Å²) in [6.45, 7) is 1.20. The second-order valence-corrected chi connectivity index (χ2v) is 7.30. The number of nitrogens with zero attached hydrogens (tertiary/aromatic N) is 3. The summed E-state index contributed by atoms with van der Waals surface area (Å²) in [6.07, 6.45) is 7.98. The van der Waals surface area contributed by atoms with Crippen LogP contribution in [0.5, 0.6) is 0 Å². The van der Waals surface area contributed by atoms with Crippen LogP contribution in [-0.4, -0.2) is 42.0 Å². The van der Waals surface area contributed by atoms with Gasteiger partial charge in [0.15, 0.2) is 0 Å². The smallest absolute Gasteiger partial charge is 0.211 e. The maximum atomic E-state index is 11.5. The first kappa shape index (κ1) is 14.7. The molecule has 1 aliphatic heterocycles. The van der Waals surface area contributed by atoms with Gasteiger partial charge in [-0.25, -0.2) is 17.7 Å². The lowest BCUT2D eigenvalue weighted by atomic mass is 9.95. The van der Waals surface area contributed by atoms with E-state index in [9.17, 15) is 8.42 Å². The monoisotopic (exact) mass is 303 g/mol. The van der Waals surface area contributed by atoms with Crippen LogP contribution in [0.3, 0.4) is 0 Å². The predicted molar refractivity (Wildman–Crippen MR) is 74.5 cm³/mol. The molecule has 5 nitrogen and oxygen atoms in total. The Bertz CT molecular complexity index is 536. The van der Waals surface area contributed by atoms with Gasteiger partial charge in [0.1, 0.15) is 5.15 Å². The molecule has 1 aromatic rings. The van der Waals surface area contributed by atoms with Crippen LogP contribution < -0.4 is 0 Å². The SMILES string of the molecule is CS(=O)(=O)N1CCCC(Cc2nccnc2Cl)CC1. The molecule has 7 heteroatoms. The number of sulfonamides is 1. The molecular formula is C12H18ClN3O2S. The Morgan fingerprint density at radius 3 is 2.74 bits per heavy atom. The molecule has 1 aromatic heterocycles. The first-order valence-electron chi connectivity index (χ1n) is 6.37. The molecule has 0 aromatic carbocycles. The summed E-state index contributed by atoms with van der Waals surface area (Å²) in [5, 5.41) is 0.451. The molecule has 0 spiro atoms. The molecule has 1 saturated heterocycles. The first-order valence-corrected chi connectivity index (χ1v) is 8.60. The lowest BCUT2D eigenvalue weighted by Gasteiger charge is -2.17. The highest BCUT2D eigenvalue weighted by Gasteiger charge is 2.23. The van der Waals surface area contributed by atoms with Gasteiger partial charge in [0, 0.05) is 25.5 Å². The minimum Gasteiger partial charge on any atom is -0.256 e. The Morgan fingerprint density at radius 1 is 1.32 bits per heavy atom. The van der Waals surface area contributed by atoms with E-state index in [-0.39, 0.29) is 0 Å². The van der Waals surface area contributed by atoms with Gasteiger partial charge in [-0.3, -0.25) is 4.98 Å². The second-order valence-electron chi connectivity index (χ2n) is 4.96. The zero-order valence-electron chi connectivity index (χ0n) is 10.9. The van der Waals surface area contributed by atoms with Gasteiger partial charge in [-0.15, -0.1) is 0 Å². The van der Waals surface area contributed by atoms with Crippen molar-refractivity contribution in [2.75, 3.05) is 19.3 Å². The van der Waals surface area contributed by atoms with Crippen LogP contribution in [0.2, 0.25) is 5.15 Å². The van der Waals surface area contributed by atoms with Gasteiger partial charge in [-0.1, -0.05) is 11.6 Å². The van der Waals surface area contributed by atoms with Crippen molar-refractivity contribution in [1.29, 1.82) is 0 Å². The largest absolute Gasteiger partial charge is 0.256 e. The van der Waals surface area contributed by atoms with Crippen LogP contribution in [0, 0.1) is 5.92 Å². The Kier molecular flexibility index (Phi) is 4.76. The standard InChI is InChI=1S/C12H18ClN3O2S/c1-19(17,18)16-7-2-3-10(4-8-16)9-11-12(13)15-6-5-14-11/h5-6,10H,2-4,7-9H2,1H3. The molecule has 0 aliphatic carbocycles. The number of hydrogen-bond donors (Lipinski definition) is 0.